The van der Waals surface area contributed by atoms with Gasteiger partial charge in [0.1, 0.15) is 19.3 Å². The van der Waals surface area contributed by atoms with Gasteiger partial charge in [-0.1, -0.05) is 32.1 Å². The first-order chi connectivity index (χ1) is 10.5. The van der Waals surface area contributed by atoms with Crippen LogP contribution in [0.3, 0.4) is 0 Å². The zero-order valence-corrected chi connectivity index (χ0v) is 13.5. The third kappa shape index (κ3) is 8.64. The van der Waals surface area contributed by atoms with E-state index < -0.39 is 18.0 Å². The number of hydrogen-bond acceptors (Lipinski definition) is 6. The van der Waals surface area contributed by atoms with Crippen molar-refractivity contribution in [3.05, 3.63) is 0 Å². The van der Waals surface area contributed by atoms with E-state index in [-0.39, 0.29) is 25.6 Å². The lowest BCUT2D eigenvalue weighted by molar-refractivity contribution is -0.160. The first-order valence-electron chi connectivity index (χ1n) is 7.93. The molecule has 0 aromatic heterocycles. The van der Waals surface area contributed by atoms with Crippen molar-refractivity contribution < 1.29 is 28.6 Å². The normalized spacial score (nSPS) is 16.6. The molecule has 0 aliphatic heterocycles. The van der Waals surface area contributed by atoms with Crippen LogP contribution in [0.1, 0.15) is 58.8 Å². The molecular formula is C16H26O6. The van der Waals surface area contributed by atoms with E-state index in [1.807, 2.05) is 0 Å². The maximum absolute atomic E-state index is 11.6. The minimum atomic E-state index is -0.456. The summed E-state index contributed by atoms with van der Waals surface area (Å²) in [5.74, 6) is -0.723. The second kappa shape index (κ2) is 10.2. The number of hydrogen-bond donors (Lipinski definition) is 0. The van der Waals surface area contributed by atoms with Crippen molar-refractivity contribution in [2.24, 2.45) is 5.92 Å². The van der Waals surface area contributed by atoms with Crippen LogP contribution in [-0.4, -0.2) is 37.2 Å². The van der Waals surface area contributed by atoms with Gasteiger partial charge in [-0.2, -0.15) is 0 Å². The van der Waals surface area contributed by atoms with E-state index in [0.717, 1.165) is 19.3 Å². The summed E-state index contributed by atoms with van der Waals surface area (Å²) in [7, 11) is 0. The highest BCUT2D eigenvalue weighted by atomic mass is 16.6. The van der Waals surface area contributed by atoms with Crippen molar-refractivity contribution in [2.75, 3.05) is 13.2 Å². The van der Waals surface area contributed by atoms with Crippen LogP contribution < -0.4 is 0 Å². The van der Waals surface area contributed by atoms with Gasteiger partial charge in [0.15, 0.2) is 0 Å². The number of ether oxygens (including phenoxy) is 3. The van der Waals surface area contributed by atoms with Crippen LogP contribution in [0.5, 0.6) is 0 Å². The Morgan fingerprint density at radius 1 is 1.00 bits per heavy atom. The maximum atomic E-state index is 11.6. The SMILES string of the molecule is CC(=O)OCCC(=O)OCC(CC1CCCCC1)OC(C)=O. The highest BCUT2D eigenvalue weighted by Crippen LogP contribution is 2.28. The average Bonchev–Trinajstić information content (AvgIpc) is 2.45. The zero-order chi connectivity index (χ0) is 16.4. The van der Waals surface area contributed by atoms with Crippen LogP contribution in [0.4, 0.5) is 0 Å². The van der Waals surface area contributed by atoms with Crippen LogP contribution in [-0.2, 0) is 28.6 Å². The number of carbonyl (C=O) groups excluding carboxylic acids is 3. The standard InChI is InChI=1S/C16H26O6/c1-12(17)20-9-8-16(19)21-11-15(22-13(2)18)10-14-6-4-3-5-7-14/h14-15H,3-11H2,1-2H3. The van der Waals surface area contributed by atoms with Crippen LogP contribution >= 0.6 is 0 Å². The molecule has 1 atom stereocenters. The van der Waals surface area contributed by atoms with E-state index in [4.69, 9.17) is 9.47 Å². The fraction of sp³-hybridized carbons (Fsp3) is 0.812. The maximum Gasteiger partial charge on any atom is 0.309 e. The number of carbonyl (C=O) groups is 3. The smallest absolute Gasteiger partial charge is 0.309 e. The number of rotatable bonds is 8. The molecule has 1 aliphatic rings. The summed E-state index contributed by atoms with van der Waals surface area (Å²) in [6.07, 6.45) is 6.31. The molecule has 1 rings (SSSR count). The van der Waals surface area contributed by atoms with Crippen molar-refractivity contribution in [3.63, 3.8) is 0 Å². The quantitative estimate of drug-likeness (QED) is 0.505. The fourth-order valence-corrected chi connectivity index (χ4v) is 2.72. The molecule has 0 bridgehead atoms. The molecule has 0 heterocycles. The average molecular weight is 314 g/mol. The van der Waals surface area contributed by atoms with E-state index in [2.05, 4.69) is 4.74 Å². The fourth-order valence-electron chi connectivity index (χ4n) is 2.72. The Morgan fingerprint density at radius 3 is 2.27 bits per heavy atom. The van der Waals surface area contributed by atoms with E-state index in [1.165, 1.54) is 33.1 Å². The van der Waals surface area contributed by atoms with Gasteiger partial charge in [0.05, 0.1) is 6.42 Å². The minimum Gasteiger partial charge on any atom is -0.465 e. The Morgan fingerprint density at radius 2 is 1.68 bits per heavy atom. The molecule has 0 N–H and O–H groups in total. The highest BCUT2D eigenvalue weighted by molar-refractivity contribution is 5.70. The highest BCUT2D eigenvalue weighted by Gasteiger charge is 2.22. The van der Waals surface area contributed by atoms with E-state index in [9.17, 15) is 14.4 Å². The van der Waals surface area contributed by atoms with E-state index in [0.29, 0.717) is 5.92 Å². The molecule has 6 nitrogen and oxygen atoms in total. The van der Waals surface area contributed by atoms with Crippen molar-refractivity contribution in [1.82, 2.24) is 0 Å². The van der Waals surface area contributed by atoms with Crippen molar-refractivity contribution in [2.45, 2.75) is 64.9 Å². The second-order valence-electron chi connectivity index (χ2n) is 5.74. The van der Waals surface area contributed by atoms with Gasteiger partial charge in [0.25, 0.3) is 0 Å². The lowest BCUT2D eigenvalue weighted by Gasteiger charge is -2.26. The van der Waals surface area contributed by atoms with Gasteiger partial charge in [-0.3, -0.25) is 14.4 Å². The summed E-state index contributed by atoms with van der Waals surface area (Å²) in [4.78, 5) is 33.3. The molecule has 0 spiro atoms. The molecule has 0 radical (unpaired) electrons. The Hall–Kier alpha value is -1.59. The molecule has 0 aromatic carbocycles. The van der Waals surface area contributed by atoms with Gasteiger partial charge < -0.3 is 14.2 Å². The van der Waals surface area contributed by atoms with E-state index in [1.54, 1.807) is 0 Å². The largest absolute Gasteiger partial charge is 0.465 e. The minimum absolute atomic E-state index is 0.00895. The molecule has 6 heteroatoms. The lowest BCUT2D eigenvalue weighted by Crippen LogP contribution is -2.28. The van der Waals surface area contributed by atoms with Gasteiger partial charge in [-0.15, -0.1) is 0 Å². The summed E-state index contributed by atoms with van der Waals surface area (Å²) >= 11 is 0. The third-order valence-electron chi connectivity index (χ3n) is 3.70. The van der Waals surface area contributed by atoms with Gasteiger partial charge >= 0.3 is 17.9 Å². The summed E-state index contributed by atoms with van der Waals surface area (Å²) in [6, 6.07) is 0. The molecule has 1 saturated carbocycles. The van der Waals surface area contributed by atoms with Crippen LogP contribution in [0.2, 0.25) is 0 Å². The Bertz CT molecular complexity index is 373. The Balaban J connectivity index is 2.31. The Labute approximate surface area is 131 Å². The molecule has 0 aromatic rings. The Kier molecular flexibility index (Phi) is 8.55. The molecule has 1 fully saturated rings. The molecule has 0 amide bonds. The number of esters is 3. The van der Waals surface area contributed by atoms with Crippen LogP contribution in [0.25, 0.3) is 0 Å². The first-order valence-corrected chi connectivity index (χ1v) is 7.93. The molecule has 126 valence electrons. The summed E-state index contributed by atoms with van der Waals surface area (Å²) < 4.78 is 15.0. The summed E-state index contributed by atoms with van der Waals surface area (Å²) in [5.41, 5.74) is 0. The topological polar surface area (TPSA) is 78.9 Å². The molecule has 0 saturated heterocycles. The summed E-state index contributed by atoms with van der Waals surface area (Å²) in [6.45, 7) is 2.71. The lowest BCUT2D eigenvalue weighted by atomic mass is 9.85. The molecule has 1 unspecified atom stereocenters. The van der Waals surface area contributed by atoms with Gasteiger partial charge in [0, 0.05) is 13.8 Å². The van der Waals surface area contributed by atoms with E-state index >= 15 is 0 Å². The van der Waals surface area contributed by atoms with Crippen LogP contribution in [0, 0.1) is 5.92 Å². The van der Waals surface area contributed by atoms with Crippen molar-refractivity contribution >= 4 is 17.9 Å². The monoisotopic (exact) mass is 314 g/mol. The van der Waals surface area contributed by atoms with Gasteiger partial charge in [-0.05, 0) is 12.3 Å². The summed E-state index contributed by atoms with van der Waals surface area (Å²) in [5, 5.41) is 0. The predicted molar refractivity (Wildman–Crippen MR) is 79.0 cm³/mol. The molecule has 1 aliphatic carbocycles. The molecular weight excluding hydrogens is 288 g/mol. The van der Waals surface area contributed by atoms with Crippen molar-refractivity contribution in [1.29, 1.82) is 0 Å². The molecule has 22 heavy (non-hydrogen) atoms. The van der Waals surface area contributed by atoms with Gasteiger partial charge in [0.2, 0.25) is 0 Å². The third-order valence-corrected chi connectivity index (χ3v) is 3.70. The van der Waals surface area contributed by atoms with Gasteiger partial charge in [-0.25, -0.2) is 0 Å². The zero-order valence-electron chi connectivity index (χ0n) is 13.5. The van der Waals surface area contributed by atoms with Crippen LogP contribution in [0.15, 0.2) is 0 Å². The second-order valence-corrected chi connectivity index (χ2v) is 5.74. The van der Waals surface area contributed by atoms with Crippen molar-refractivity contribution in [3.8, 4) is 0 Å². The predicted octanol–water partition coefficient (Wildman–Crippen LogP) is 2.38. The first kappa shape index (κ1) is 18.5.